The van der Waals surface area contributed by atoms with Gasteiger partial charge in [-0.3, -0.25) is 9.69 Å². The van der Waals surface area contributed by atoms with E-state index < -0.39 is 0 Å². The maximum atomic E-state index is 13.2. The number of benzene rings is 1. The molecule has 150 valence electrons. The summed E-state index contributed by atoms with van der Waals surface area (Å²) in [7, 11) is 0. The Kier molecular flexibility index (Phi) is 5.53. The summed E-state index contributed by atoms with van der Waals surface area (Å²) in [6.07, 6.45) is 4.14. The summed E-state index contributed by atoms with van der Waals surface area (Å²) in [5.41, 5.74) is 1.13. The first-order valence-electron chi connectivity index (χ1n) is 9.76. The van der Waals surface area contributed by atoms with Crippen LogP contribution in [0.15, 0.2) is 53.1 Å². The first-order valence-corrected chi connectivity index (χ1v) is 9.76. The molecule has 1 aliphatic rings. The molecule has 1 unspecified atom stereocenters. The average molecular weight is 392 g/mol. The molecule has 29 heavy (non-hydrogen) atoms. The Balaban J connectivity index is 1.64. The predicted molar refractivity (Wildman–Crippen MR) is 109 cm³/mol. The molecule has 8 nitrogen and oxygen atoms in total. The van der Waals surface area contributed by atoms with Gasteiger partial charge in [0.25, 0.3) is 5.91 Å². The summed E-state index contributed by atoms with van der Waals surface area (Å²) < 4.78 is 6.89. The Labute approximate surface area is 169 Å². The predicted octanol–water partition coefficient (Wildman–Crippen LogP) is 2.53. The van der Waals surface area contributed by atoms with E-state index in [0.29, 0.717) is 23.3 Å². The molecule has 1 fully saturated rings. The zero-order valence-corrected chi connectivity index (χ0v) is 16.5. The van der Waals surface area contributed by atoms with Crippen LogP contribution in [0.1, 0.15) is 26.0 Å². The Bertz CT molecular complexity index is 978. The Morgan fingerprint density at radius 1 is 1.24 bits per heavy atom. The molecule has 0 radical (unpaired) electrons. The van der Waals surface area contributed by atoms with Crippen LogP contribution >= 0.6 is 0 Å². The number of rotatable bonds is 6. The first kappa shape index (κ1) is 19.1. The van der Waals surface area contributed by atoms with Crippen molar-refractivity contribution in [3.05, 3.63) is 54.5 Å². The number of amides is 1. The first-order chi connectivity index (χ1) is 14.1. The number of likely N-dealkylation sites (tertiary alicyclic amines) is 1. The third-order valence-corrected chi connectivity index (χ3v) is 5.07. The lowest BCUT2D eigenvalue weighted by Crippen LogP contribution is -2.39. The monoisotopic (exact) mass is 392 g/mol. The minimum absolute atomic E-state index is 0.0848. The van der Waals surface area contributed by atoms with Crippen molar-refractivity contribution in [2.75, 3.05) is 13.1 Å². The van der Waals surface area contributed by atoms with Crippen LogP contribution in [0.4, 0.5) is 0 Å². The third-order valence-electron chi connectivity index (χ3n) is 5.07. The van der Waals surface area contributed by atoms with Gasteiger partial charge in [-0.15, -0.1) is 5.10 Å². The van der Waals surface area contributed by atoms with Crippen molar-refractivity contribution < 1.29 is 9.21 Å². The smallest absolute Gasteiger partial charge is 0.270 e. The van der Waals surface area contributed by atoms with Crippen LogP contribution in [0.5, 0.6) is 0 Å². The number of nitrogens with one attached hydrogen (secondary N) is 1. The normalized spacial score (nSPS) is 17.8. The van der Waals surface area contributed by atoms with E-state index in [0.717, 1.165) is 25.1 Å². The van der Waals surface area contributed by atoms with Crippen LogP contribution in [0.2, 0.25) is 0 Å². The van der Waals surface area contributed by atoms with E-state index in [-0.39, 0.29) is 11.9 Å². The lowest BCUT2D eigenvalue weighted by Gasteiger charge is -2.20. The average Bonchev–Trinajstić information content (AvgIpc) is 3.48. The number of furan rings is 1. The van der Waals surface area contributed by atoms with Gasteiger partial charge in [-0.25, -0.2) is 0 Å². The molecule has 1 aromatic carbocycles. The molecular formula is C21H24N6O2. The molecule has 3 aromatic rings. The molecule has 1 aliphatic heterocycles. The lowest BCUT2D eigenvalue weighted by atomic mass is 10.2. The minimum Gasteiger partial charge on any atom is -0.465 e. The van der Waals surface area contributed by atoms with Crippen LogP contribution in [0, 0.1) is 0 Å². The molecule has 0 bridgehead atoms. The molecule has 1 saturated heterocycles. The van der Waals surface area contributed by atoms with E-state index in [1.807, 2.05) is 30.3 Å². The number of carbonyl (C=O) groups excluding carboxylic acids is 1. The molecular weight excluding hydrogens is 368 g/mol. The minimum atomic E-state index is -0.235. The summed E-state index contributed by atoms with van der Waals surface area (Å²) in [6, 6.07) is 13.6. The number of tetrazole rings is 1. The highest BCUT2D eigenvalue weighted by Gasteiger charge is 2.28. The number of carbonyl (C=O) groups is 1. The molecule has 3 heterocycles. The quantitative estimate of drug-likeness (QED) is 0.649. The van der Waals surface area contributed by atoms with Crippen molar-refractivity contribution in [3.8, 4) is 11.4 Å². The summed E-state index contributed by atoms with van der Waals surface area (Å²) in [4.78, 5) is 15.6. The highest BCUT2D eigenvalue weighted by molar-refractivity contribution is 6.18. The van der Waals surface area contributed by atoms with E-state index in [1.54, 1.807) is 24.5 Å². The van der Waals surface area contributed by atoms with Gasteiger partial charge in [-0.2, -0.15) is 4.68 Å². The Hall–Kier alpha value is -3.26. The Morgan fingerprint density at radius 2 is 2.07 bits per heavy atom. The fourth-order valence-corrected chi connectivity index (χ4v) is 3.48. The maximum Gasteiger partial charge on any atom is 0.270 e. The Morgan fingerprint density at radius 3 is 2.76 bits per heavy atom. The molecule has 0 saturated carbocycles. The molecule has 1 atom stereocenters. The summed E-state index contributed by atoms with van der Waals surface area (Å²) in [6.45, 7) is 6.14. The van der Waals surface area contributed by atoms with Crippen molar-refractivity contribution >= 4 is 17.7 Å². The van der Waals surface area contributed by atoms with Crippen LogP contribution in [-0.4, -0.2) is 56.2 Å². The van der Waals surface area contributed by atoms with E-state index in [9.17, 15) is 4.79 Å². The van der Waals surface area contributed by atoms with Crippen molar-refractivity contribution in [1.82, 2.24) is 30.4 Å². The SMILES string of the molecule is CC(C)N1CCC(NC(=O)/C(=C\c2ccco2)n2nnnc2-c2ccccc2)C1. The zero-order valence-electron chi connectivity index (χ0n) is 16.5. The maximum absolute atomic E-state index is 13.2. The second-order valence-corrected chi connectivity index (χ2v) is 7.37. The van der Waals surface area contributed by atoms with Gasteiger partial charge in [0.1, 0.15) is 11.5 Å². The van der Waals surface area contributed by atoms with E-state index in [1.165, 1.54) is 4.68 Å². The molecule has 1 N–H and O–H groups in total. The van der Waals surface area contributed by atoms with Crippen LogP contribution in [0.3, 0.4) is 0 Å². The van der Waals surface area contributed by atoms with E-state index in [2.05, 4.69) is 39.6 Å². The number of aromatic nitrogens is 4. The third kappa shape index (κ3) is 4.27. The van der Waals surface area contributed by atoms with Gasteiger partial charge >= 0.3 is 0 Å². The van der Waals surface area contributed by atoms with E-state index in [4.69, 9.17) is 4.42 Å². The number of hydrogen-bond acceptors (Lipinski definition) is 6. The zero-order chi connectivity index (χ0) is 20.2. The number of hydrogen-bond donors (Lipinski definition) is 1. The second kappa shape index (κ2) is 8.40. The van der Waals surface area contributed by atoms with Gasteiger partial charge in [0.05, 0.1) is 6.26 Å². The van der Waals surface area contributed by atoms with Gasteiger partial charge in [-0.05, 0) is 42.8 Å². The van der Waals surface area contributed by atoms with Crippen molar-refractivity contribution in [2.45, 2.75) is 32.4 Å². The fraction of sp³-hybridized carbons (Fsp3) is 0.333. The number of nitrogens with zero attached hydrogens (tertiary/aromatic N) is 5. The highest BCUT2D eigenvalue weighted by atomic mass is 16.3. The lowest BCUT2D eigenvalue weighted by molar-refractivity contribution is -0.116. The van der Waals surface area contributed by atoms with Crippen molar-refractivity contribution in [2.24, 2.45) is 0 Å². The van der Waals surface area contributed by atoms with Crippen molar-refractivity contribution in [1.29, 1.82) is 0 Å². The van der Waals surface area contributed by atoms with Gasteiger partial charge in [-0.1, -0.05) is 30.3 Å². The molecule has 0 spiro atoms. The second-order valence-electron chi connectivity index (χ2n) is 7.37. The standard InChI is InChI=1S/C21H24N6O2/c1-15(2)26-11-10-17(14-26)22-21(28)19(13-18-9-6-12-29-18)27-20(23-24-25-27)16-7-4-3-5-8-16/h3-9,12-13,15,17H,10-11,14H2,1-2H3,(H,22,28)/b19-13+. The highest BCUT2D eigenvalue weighted by Crippen LogP contribution is 2.21. The van der Waals surface area contributed by atoms with Gasteiger partial charge in [0.15, 0.2) is 5.82 Å². The molecule has 8 heteroatoms. The molecule has 4 rings (SSSR count). The largest absolute Gasteiger partial charge is 0.465 e. The molecule has 2 aromatic heterocycles. The van der Waals surface area contributed by atoms with Crippen LogP contribution in [-0.2, 0) is 4.79 Å². The van der Waals surface area contributed by atoms with Crippen molar-refractivity contribution in [3.63, 3.8) is 0 Å². The molecule has 0 aliphatic carbocycles. The van der Waals surface area contributed by atoms with Crippen LogP contribution < -0.4 is 5.32 Å². The molecule has 1 amide bonds. The summed E-state index contributed by atoms with van der Waals surface area (Å²) >= 11 is 0. The summed E-state index contributed by atoms with van der Waals surface area (Å²) in [5.74, 6) is 0.815. The topological polar surface area (TPSA) is 89.1 Å². The van der Waals surface area contributed by atoms with E-state index >= 15 is 0 Å². The van der Waals surface area contributed by atoms with Gasteiger partial charge < -0.3 is 9.73 Å². The fourth-order valence-electron chi connectivity index (χ4n) is 3.48. The van der Waals surface area contributed by atoms with Gasteiger partial charge in [0.2, 0.25) is 0 Å². The van der Waals surface area contributed by atoms with Crippen LogP contribution in [0.25, 0.3) is 23.2 Å². The van der Waals surface area contributed by atoms with Gasteiger partial charge in [0, 0.05) is 36.8 Å². The summed E-state index contributed by atoms with van der Waals surface area (Å²) in [5, 5.41) is 15.2.